The van der Waals surface area contributed by atoms with Crippen LogP contribution in [0.3, 0.4) is 0 Å². The first-order valence-corrected chi connectivity index (χ1v) is 5.88. The van der Waals surface area contributed by atoms with Gasteiger partial charge in [0.1, 0.15) is 0 Å². The van der Waals surface area contributed by atoms with E-state index in [1.165, 1.54) is 0 Å². The Morgan fingerprint density at radius 3 is 2.41 bits per heavy atom. The second-order valence-corrected chi connectivity index (χ2v) is 4.30. The van der Waals surface area contributed by atoms with Crippen molar-refractivity contribution in [2.45, 2.75) is 13.3 Å². The lowest BCUT2D eigenvalue weighted by Gasteiger charge is -2.07. The molecule has 0 bridgehead atoms. The van der Waals surface area contributed by atoms with Gasteiger partial charge in [0, 0.05) is 17.8 Å². The summed E-state index contributed by atoms with van der Waals surface area (Å²) >= 11 is 2.99. The number of halogens is 1. The fourth-order valence-electron chi connectivity index (χ4n) is 1.12. The van der Waals surface area contributed by atoms with E-state index in [1.54, 1.807) is 31.2 Å². The van der Waals surface area contributed by atoms with Crippen LogP contribution in [0, 0.1) is 0 Å². The summed E-state index contributed by atoms with van der Waals surface area (Å²) in [6.45, 7) is 5.24. The van der Waals surface area contributed by atoms with Crippen LogP contribution in [0.4, 0.5) is 11.4 Å². The van der Waals surface area contributed by atoms with Crippen molar-refractivity contribution in [3.63, 3.8) is 0 Å². The number of amides is 2. The fraction of sp³-hybridized carbons (Fsp3) is 0.167. The quantitative estimate of drug-likeness (QED) is 0.840. The van der Waals surface area contributed by atoms with Gasteiger partial charge >= 0.3 is 0 Å². The Balaban J connectivity index is 2.75. The molecule has 0 atom stereocenters. The Labute approximate surface area is 108 Å². The average Bonchev–Trinajstić information content (AvgIpc) is 2.29. The summed E-state index contributed by atoms with van der Waals surface area (Å²) in [5.74, 6) is -0.387. The maximum absolute atomic E-state index is 11.4. The maximum atomic E-state index is 11.4. The number of nitrogens with one attached hydrogen (secondary N) is 2. The molecule has 4 nitrogen and oxygen atoms in total. The minimum absolute atomic E-state index is 0.0709. The van der Waals surface area contributed by atoms with E-state index >= 15 is 0 Å². The van der Waals surface area contributed by atoms with Crippen LogP contribution in [0.15, 0.2) is 35.3 Å². The molecular formula is C12H13BrN2O2. The van der Waals surface area contributed by atoms with E-state index in [0.29, 0.717) is 17.8 Å². The monoisotopic (exact) mass is 296 g/mol. The number of carbonyl (C=O) groups is 2. The molecule has 0 spiro atoms. The highest BCUT2D eigenvalue weighted by Gasteiger charge is 2.05. The summed E-state index contributed by atoms with van der Waals surface area (Å²) < 4.78 is 0.250. The van der Waals surface area contributed by atoms with Gasteiger partial charge in [-0.3, -0.25) is 9.59 Å². The first-order chi connectivity index (χ1) is 8.02. The largest absolute Gasteiger partial charge is 0.326 e. The van der Waals surface area contributed by atoms with Crippen molar-refractivity contribution in [3.8, 4) is 0 Å². The molecule has 0 heterocycles. The zero-order valence-corrected chi connectivity index (χ0v) is 11.0. The summed E-state index contributed by atoms with van der Waals surface area (Å²) in [5, 5.41) is 5.35. The van der Waals surface area contributed by atoms with Gasteiger partial charge in [-0.2, -0.15) is 0 Å². The molecule has 0 aromatic heterocycles. The number of hydrogen-bond acceptors (Lipinski definition) is 2. The zero-order chi connectivity index (χ0) is 12.8. The smallest absolute Gasteiger partial charge is 0.262 e. The van der Waals surface area contributed by atoms with Crippen LogP contribution in [0.5, 0.6) is 0 Å². The van der Waals surface area contributed by atoms with Crippen LogP contribution in [0.25, 0.3) is 0 Å². The molecule has 0 aliphatic heterocycles. The molecule has 17 heavy (non-hydrogen) atoms. The van der Waals surface area contributed by atoms with Crippen LogP contribution in [0.2, 0.25) is 0 Å². The van der Waals surface area contributed by atoms with Gasteiger partial charge in [-0.15, -0.1) is 0 Å². The molecule has 0 saturated carbocycles. The highest BCUT2D eigenvalue weighted by molar-refractivity contribution is 9.12. The van der Waals surface area contributed by atoms with Crippen molar-refractivity contribution >= 4 is 39.1 Å². The van der Waals surface area contributed by atoms with Crippen molar-refractivity contribution < 1.29 is 9.59 Å². The Bertz CT molecular complexity index is 458. The molecule has 0 unspecified atom stereocenters. The molecule has 2 N–H and O–H groups in total. The van der Waals surface area contributed by atoms with Gasteiger partial charge in [0.05, 0.1) is 4.48 Å². The Morgan fingerprint density at radius 1 is 1.29 bits per heavy atom. The van der Waals surface area contributed by atoms with Crippen molar-refractivity contribution in [1.29, 1.82) is 0 Å². The van der Waals surface area contributed by atoms with Crippen molar-refractivity contribution in [1.82, 2.24) is 0 Å². The van der Waals surface area contributed by atoms with E-state index in [1.807, 2.05) is 0 Å². The van der Waals surface area contributed by atoms with Gasteiger partial charge in [0.15, 0.2) is 0 Å². The minimum Gasteiger partial charge on any atom is -0.326 e. The van der Waals surface area contributed by atoms with Gasteiger partial charge < -0.3 is 10.6 Å². The Hall–Kier alpha value is -1.62. The average molecular weight is 297 g/mol. The SMILES string of the molecule is C=C(Br)C(=O)Nc1cccc(NC(=O)CC)c1. The van der Waals surface area contributed by atoms with Gasteiger partial charge in [-0.1, -0.05) is 19.6 Å². The second-order valence-electron chi connectivity index (χ2n) is 3.34. The molecule has 1 aromatic rings. The lowest BCUT2D eigenvalue weighted by molar-refractivity contribution is -0.116. The number of anilines is 2. The van der Waals surface area contributed by atoms with Crippen LogP contribution in [-0.2, 0) is 9.59 Å². The fourth-order valence-corrected chi connectivity index (χ4v) is 1.22. The van der Waals surface area contributed by atoms with Crippen LogP contribution in [-0.4, -0.2) is 11.8 Å². The molecule has 0 aliphatic carbocycles. The number of benzene rings is 1. The Kier molecular flexibility index (Phi) is 4.90. The molecule has 0 saturated heterocycles. The molecule has 0 radical (unpaired) electrons. The number of rotatable bonds is 4. The number of hydrogen-bond donors (Lipinski definition) is 2. The molecule has 90 valence electrons. The molecule has 2 amide bonds. The van der Waals surface area contributed by atoms with Gasteiger partial charge in [-0.25, -0.2) is 0 Å². The van der Waals surface area contributed by atoms with Crippen molar-refractivity contribution in [3.05, 3.63) is 35.3 Å². The lowest BCUT2D eigenvalue weighted by Crippen LogP contribution is -2.12. The molecule has 1 aromatic carbocycles. The summed E-state index contributed by atoms with van der Waals surface area (Å²) in [5.41, 5.74) is 1.25. The predicted octanol–water partition coefficient (Wildman–Crippen LogP) is 2.88. The molecule has 0 aliphatic rings. The highest BCUT2D eigenvalue weighted by Crippen LogP contribution is 2.16. The minimum atomic E-state index is -0.316. The van der Waals surface area contributed by atoms with Crippen molar-refractivity contribution in [2.75, 3.05) is 10.6 Å². The van der Waals surface area contributed by atoms with Crippen LogP contribution < -0.4 is 10.6 Å². The summed E-state index contributed by atoms with van der Waals surface area (Å²) in [6.07, 6.45) is 0.412. The van der Waals surface area contributed by atoms with Crippen molar-refractivity contribution in [2.24, 2.45) is 0 Å². The van der Waals surface area contributed by atoms with E-state index < -0.39 is 0 Å². The number of carbonyl (C=O) groups excluding carboxylic acids is 2. The standard InChI is InChI=1S/C12H13BrN2O2/c1-3-11(16)14-9-5-4-6-10(7-9)15-12(17)8(2)13/h4-7H,2-3H2,1H3,(H,14,16)(H,15,17). The van der Waals surface area contributed by atoms with E-state index in [2.05, 4.69) is 33.1 Å². The molecule has 0 fully saturated rings. The molecular weight excluding hydrogens is 284 g/mol. The zero-order valence-electron chi connectivity index (χ0n) is 9.42. The summed E-state index contributed by atoms with van der Waals surface area (Å²) in [4.78, 5) is 22.6. The van der Waals surface area contributed by atoms with Gasteiger partial charge in [0.2, 0.25) is 5.91 Å². The van der Waals surface area contributed by atoms with Crippen LogP contribution >= 0.6 is 15.9 Å². The molecule has 1 rings (SSSR count). The predicted molar refractivity (Wildman–Crippen MR) is 72.1 cm³/mol. The third-order valence-corrected chi connectivity index (χ3v) is 2.33. The van der Waals surface area contributed by atoms with E-state index in [0.717, 1.165) is 0 Å². The first-order valence-electron chi connectivity index (χ1n) is 5.08. The van der Waals surface area contributed by atoms with Gasteiger partial charge in [0.25, 0.3) is 5.91 Å². The third kappa shape index (κ3) is 4.40. The Morgan fingerprint density at radius 2 is 1.88 bits per heavy atom. The third-order valence-electron chi connectivity index (χ3n) is 1.97. The first kappa shape index (κ1) is 13.4. The van der Waals surface area contributed by atoms with E-state index in [9.17, 15) is 9.59 Å². The normalized spacial score (nSPS) is 9.53. The topological polar surface area (TPSA) is 58.2 Å². The van der Waals surface area contributed by atoms with E-state index in [4.69, 9.17) is 0 Å². The summed E-state index contributed by atoms with van der Waals surface area (Å²) in [6, 6.07) is 6.92. The van der Waals surface area contributed by atoms with Crippen LogP contribution in [0.1, 0.15) is 13.3 Å². The summed E-state index contributed by atoms with van der Waals surface area (Å²) in [7, 11) is 0. The van der Waals surface area contributed by atoms with E-state index in [-0.39, 0.29) is 16.3 Å². The lowest BCUT2D eigenvalue weighted by atomic mass is 10.2. The molecule has 5 heteroatoms. The highest BCUT2D eigenvalue weighted by atomic mass is 79.9. The maximum Gasteiger partial charge on any atom is 0.262 e. The second kappa shape index (κ2) is 6.20. The van der Waals surface area contributed by atoms with Gasteiger partial charge in [-0.05, 0) is 34.1 Å².